The van der Waals surface area contributed by atoms with Crippen LogP contribution in [0.3, 0.4) is 0 Å². The lowest BCUT2D eigenvalue weighted by molar-refractivity contribution is -0.112. The van der Waals surface area contributed by atoms with E-state index in [1.807, 2.05) is 0 Å². The number of nitrogens with one attached hydrogen (secondary N) is 1. The van der Waals surface area contributed by atoms with Crippen LogP contribution in [0.5, 0.6) is 0 Å². The van der Waals surface area contributed by atoms with Gasteiger partial charge in [-0.3, -0.25) is 4.79 Å². The van der Waals surface area contributed by atoms with Gasteiger partial charge in [-0.05, 0) is 25.8 Å². The summed E-state index contributed by atoms with van der Waals surface area (Å²) in [6.07, 6.45) is 3.88. The van der Waals surface area contributed by atoms with Gasteiger partial charge in [0.15, 0.2) is 5.78 Å². The first-order valence-corrected chi connectivity index (χ1v) is 3.24. The smallest absolute Gasteiger partial charge is 0.154 e. The van der Waals surface area contributed by atoms with Crippen molar-refractivity contribution in [2.75, 3.05) is 6.54 Å². The van der Waals surface area contributed by atoms with Crippen molar-refractivity contribution in [1.29, 1.82) is 0 Å². The molecule has 0 atom stereocenters. The lowest BCUT2D eigenvalue weighted by atomic mass is 10.3. The molecule has 0 bridgehead atoms. The van der Waals surface area contributed by atoms with E-state index in [1.165, 1.54) is 6.42 Å². The fraction of sp³-hybridized carbons (Fsp3) is 0.571. The Morgan fingerprint density at radius 1 is 1.78 bits per heavy atom. The molecule has 1 aliphatic heterocycles. The molecular formula is C7H11NO. The zero-order valence-corrected chi connectivity index (χ0v) is 5.61. The molecule has 0 unspecified atom stereocenters. The van der Waals surface area contributed by atoms with Crippen molar-refractivity contribution in [3.05, 3.63) is 11.8 Å². The third kappa shape index (κ3) is 1.88. The van der Waals surface area contributed by atoms with Crippen LogP contribution in [0.2, 0.25) is 0 Å². The second-order valence-corrected chi connectivity index (χ2v) is 2.31. The molecular weight excluding hydrogens is 114 g/mol. The average Bonchev–Trinajstić information content (AvgIpc) is 2.15. The fourth-order valence-electron chi connectivity index (χ4n) is 0.985. The predicted molar refractivity (Wildman–Crippen MR) is 36.0 cm³/mol. The van der Waals surface area contributed by atoms with Gasteiger partial charge in [-0.1, -0.05) is 0 Å². The van der Waals surface area contributed by atoms with Crippen molar-refractivity contribution >= 4 is 5.78 Å². The Bertz CT molecular complexity index is 141. The van der Waals surface area contributed by atoms with E-state index in [9.17, 15) is 4.79 Å². The van der Waals surface area contributed by atoms with E-state index >= 15 is 0 Å². The van der Waals surface area contributed by atoms with Crippen molar-refractivity contribution in [2.45, 2.75) is 19.8 Å². The highest BCUT2D eigenvalue weighted by Crippen LogP contribution is 2.07. The SMILES string of the molecule is CC(=O)/C=C1/CCCN1. The van der Waals surface area contributed by atoms with Crippen molar-refractivity contribution in [1.82, 2.24) is 5.32 Å². The van der Waals surface area contributed by atoms with Crippen LogP contribution in [0.25, 0.3) is 0 Å². The molecule has 1 fully saturated rings. The lowest BCUT2D eigenvalue weighted by Gasteiger charge is -1.93. The Morgan fingerprint density at radius 2 is 2.56 bits per heavy atom. The normalized spacial score (nSPS) is 22.1. The van der Waals surface area contributed by atoms with Gasteiger partial charge in [-0.2, -0.15) is 0 Å². The minimum Gasteiger partial charge on any atom is -0.388 e. The molecule has 0 aliphatic carbocycles. The van der Waals surface area contributed by atoms with Gasteiger partial charge in [-0.15, -0.1) is 0 Å². The van der Waals surface area contributed by atoms with Crippen LogP contribution in [-0.2, 0) is 4.79 Å². The van der Waals surface area contributed by atoms with E-state index in [1.54, 1.807) is 13.0 Å². The summed E-state index contributed by atoms with van der Waals surface area (Å²) in [5, 5.41) is 3.13. The highest BCUT2D eigenvalue weighted by Gasteiger charge is 2.04. The second-order valence-electron chi connectivity index (χ2n) is 2.31. The van der Waals surface area contributed by atoms with Crippen molar-refractivity contribution in [3.8, 4) is 0 Å². The Labute approximate surface area is 54.9 Å². The second kappa shape index (κ2) is 2.67. The maximum absolute atomic E-state index is 10.5. The number of rotatable bonds is 1. The molecule has 2 nitrogen and oxygen atoms in total. The van der Waals surface area contributed by atoms with Gasteiger partial charge in [0, 0.05) is 12.2 Å². The molecule has 1 heterocycles. The summed E-state index contributed by atoms with van der Waals surface area (Å²) in [4.78, 5) is 10.5. The highest BCUT2D eigenvalue weighted by atomic mass is 16.1. The highest BCUT2D eigenvalue weighted by molar-refractivity contribution is 5.87. The number of carbonyl (C=O) groups is 1. The first-order valence-electron chi connectivity index (χ1n) is 3.24. The summed E-state index contributed by atoms with van der Waals surface area (Å²) >= 11 is 0. The summed E-state index contributed by atoms with van der Waals surface area (Å²) in [6, 6.07) is 0. The largest absolute Gasteiger partial charge is 0.388 e. The van der Waals surface area contributed by atoms with Crippen molar-refractivity contribution in [2.24, 2.45) is 0 Å². The third-order valence-electron chi connectivity index (χ3n) is 1.35. The predicted octanol–water partition coefficient (Wildman–Crippen LogP) is 0.843. The molecule has 0 amide bonds. The summed E-state index contributed by atoms with van der Waals surface area (Å²) in [7, 11) is 0. The summed E-state index contributed by atoms with van der Waals surface area (Å²) in [5.41, 5.74) is 1.10. The zero-order chi connectivity index (χ0) is 6.69. The van der Waals surface area contributed by atoms with Gasteiger partial charge in [0.05, 0.1) is 0 Å². The van der Waals surface area contributed by atoms with E-state index < -0.39 is 0 Å². The van der Waals surface area contributed by atoms with Crippen LogP contribution in [0, 0.1) is 0 Å². The summed E-state index contributed by atoms with van der Waals surface area (Å²) < 4.78 is 0. The van der Waals surface area contributed by atoms with Gasteiger partial charge in [-0.25, -0.2) is 0 Å². The first-order chi connectivity index (χ1) is 4.29. The number of allylic oxidation sites excluding steroid dienone is 2. The number of hydrogen-bond donors (Lipinski definition) is 1. The van der Waals surface area contributed by atoms with Gasteiger partial charge in [0.25, 0.3) is 0 Å². The molecule has 0 saturated carbocycles. The number of carbonyl (C=O) groups excluding carboxylic acids is 1. The molecule has 0 aromatic rings. The molecule has 1 aliphatic rings. The van der Waals surface area contributed by atoms with E-state index in [0.29, 0.717) is 0 Å². The van der Waals surface area contributed by atoms with Crippen LogP contribution in [0.4, 0.5) is 0 Å². The van der Waals surface area contributed by atoms with Crippen LogP contribution in [-0.4, -0.2) is 12.3 Å². The molecule has 0 aromatic heterocycles. The Hall–Kier alpha value is -0.790. The van der Waals surface area contributed by atoms with Crippen LogP contribution in [0.15, 0.2) is 11.8 Å². The topological polar surface area (TPSA) is 29.1 Å². The molecule has 50 valence electrons. The number of hydrogen-bond acceptors (Lipinski definition) is 2. The van der Waals surface area contributed by atoms with Crippen LogP contribution < -0.4 is 5.32 Å². The van der Waals surface area contributed by atoms with E-state index in [4.69, 9.17) is 0 Å². The van der Waals surface area contributed by atoms with E-state index in [0.717, 1.165) is 18.7 Å². The molecule has 0 aromatic carbocycles. The fourth-order valence-corrected chi connectivity index (χ4v) is 0.985. The molecule has 1 rings (SSSR count). The standard InChI is InChI=1S/C7H11NO/c1-6(9)5-7-3-2-4-8-7/h5,8H,2-4H2,1H3/b7-5-. The lowest BCUT2D eigenvalue weighted by Crippen LogP contribution is -2.04. The van der Waals surface area contributed by atoms with Gasteiger partial charge < -0.3 is 5.32 Å². The minimum absolute atomic E-state index is 0.138. The monoisotopic (exact) mass is 125 g/mol. The maximum atomic E-state index is 10.5. The van der Waals surface area contributed by atoms with E-state index in [-0.39, 0.29) is 5.78 Å². The summed E-state index contributed by atoms with van der Waals surface area (Å²) in [5.74, 6) is 0.138. The molecule has 2 heteroatoms. The molecule has 1 saturated heterocycles. The average molecular weight is 125 g/mol. The first kappa shape index (κ1) is 6.33. The molecule has 9 heavy (non-hydrogen) atoms. The quantitative estimate of drug-likeness (QED) is 0.526. The minimum atomic E-state index is 0.138. The Kier molecular flexibility index (Phi) is 1.88. The summed E-state index contributed by atoms with van der Waals surface area (Å²) in [6.45, 7) is 2.60. The van der Waals surface area contributed by atoms with Crippen molar-refractivity contribution in [3.63, 3.8) is 0 Å². The Morgan fingerprint density at radius 3 is 3.00 bits per heavy atom. The molecule has 0 spiro atoms. The molecule has 0 radical (unpaired) electrons. The maximum Gasteiger partial charge on any atom is 0.154 e. The third-order valence-corrected chi connectivity index (χ3v) is 1.35. The van der Waals surface area contributed by atoms with Crippen molar-refractivity contribution < 1.29 is 4.79 Å². The van der Waals surface area contributed by atoms with Crippen LogP contribution >= 0.6 is 0 Å². The van der Waals surface area contributed by atoms with E-state index in [2.05, 4.69) is 5.32 Å². The van der Waals surface area contributed by atoms with Gasteiger partial charge >= 0.3 is 0 Å². The number of ketones is 1. The zero-order valence-electron chi connectivity index (χ0n) is 5.61. The van der Waals surface area contributed by atoms with Crippen LogP contribution in [0.1, 0.15) is 19.8 Å². The molecule has 1 N–H and O–H groups in total. The van der Waals surface area contributed by atoms with Gasteiger partial charge in [0.2, 0.25) is 0 Å². The Balaban J connectivity index is 2.49. The van der Waals surface area contributed by atoms with Gasteiger partial charge in [0.1, 0.15) is 0 Å².